The van der Waals surface area contributed by atoms with Crippen LogP contribution < -0.4 is 0 Å². The van der Waals surface area contributed by atoms with Gasteiger partial charge >= 0.3 is 0 Å². The lowest BCUT2D eigenvalue weighted by atomic mass is 9.87. The molecule has 0 nitrogen and oxygen atoms in total. The SMILES string of the molecule is CCCC(c1ccccc1)c1ccc(CCl)cc1. The molecule has 0 aliphatic rings. The van der Waals surface area contributed by atoms with Crippen LogP contribution in [0, 0.1) is 0 Å². The first-order valence-corrected chi connectivity index (χ1v) is 7.08. The molecule has 0 spiro atoms. The Balaban J connectivity index is 2.29. The van der Waals surface area contributed by atoms with E-state index < -0.39 is 0 Å². The van der Waals surface area contributed by atoms with E-state index in [2.05, 4.69) is 61.5 Å². The maximum atomic E-state index is 5.84. The first kappa shape index (κ1) is 13.2. The Labute approximate surface area is 115 Å². The molecule has 18 heavy (non-hydrogen) atoms. The normalized spacial score (nSPS) is 12.3. The predicted octanol–water partition coefficient (Wildman–Crippen LogP) is 5.36. The predicted molar refractivity (Wildman–Crippen MR) is 79.2 cm³/mol. The largest absolute Gasteiger partial charge is 0.122 e. The summed E-state index contributed by atoms with van der Waals surface area (Å²) in [5, 5.41) is 0. The zero-order valence-corrected chi connectivity index (χ0v) is 11.5. The second-order valence-corrected chi connectivity index (χ2v) is 4.89. The summed E-state index contributed by atoms with van der Waals surface area (Å²) in [5.74, 6) is 1.09. The highest BCUT2D eigenvalue weighted by Crippen LogP contribution is 2.29. The highest BCUT2D eigenvalue weighted by Gasteiger charge is 2.12. The van der Waals surface area contributed by atoms with Crippen LogP contribution in [0.4, 0.5) is 0 Å². The van der Waals surface area contributed by atoms with Gasteiger partial charge in [-0.3, -0.25) is 0 Å². The van der Waals surface area contributed by atoms with Gasteiger partial charge < -0.3 is 0 Å². The summed E-state index contributed by atoms with van der Waals surface area (Å²) < 4.78 is 0. The van der Waals surface area contributed by atoms with Crippen molar-refractivity contribution in [3.63, 3.8) is 0 Å². The van der Waals surface area contributed by atoms with E-state index in [9.17, 15) is 0 Å². The molecule has 2 rings (SSSR count). The van der Waals surface area contributed by atoms with Gasteiger partial charge in [0, 0.05) is 11.8 Å². The number of hydrogen-bond acceptors (Lipinski definition) is 0. The molecule has 94 valence electrons. The summed E-state index contributed by atoms with van der Waals surface area (Å²) in [5.41, 5.74) is 3.97. The molecule has 0 aliphatic carbocycles. The molecule has 0 saturated heterocycles. The molecule has 2 aromatic rings. The van der Waals surface area contributed by atoms with Crippen molar-refractivity contribution in [3.8, 4) is 0 Å². The lowest BCUT2D eigenvalue weighted by Gasteiger charge is -2.17. The second-order valence-electron chi connectivity index (χ2n) is 4.63. The number of halogens is 1. The monoisotopic (exact) mass is 258 g/mol. The average molecular weight is 259 g/mol. The minimum Gasteiger partial charge on any atom is -0.122 e. The fourth-order valence-electron chi connectivity index (χ4n) is 2.34. The van der Waals surface area contributed by atoms with E-state index in [1.807, 2.05) is 0 Å². The Morgan fingerprint density at radius 1 is 0.889 bits per heavy atom. The Hall–Kier alpha value is -1.27. The van der Waals surface area contributed by atoms with E-state index in [0.29, 0.717) is 11.8 Å². The van der Waals surface area contributed by atoms with Gasteiger partial charge in [0.1, 0.15) is 0 Å². The van der Waals surface area contributed by atoms with E-state index in [-0.39, 0.29) is 0 Å². The lowest BCUT2D eigenvalue weighted by molar-refractivity contribution is 0.698. The molecule has 0 N–H and O–H groups in total. The van der Waals surface area contributed by atoms with Gasteiger partial charge in [0.05, 0.1) is 0 Å². The lowest BCUT2D eigenvalue weighted by Crippen LogP contribution is -2.00. The molecule has 1 heteroatoms. The van der Waals surface area contributed by atoms with Crippen molar-refractivity contribution >= 4 is 11.6 Å². The summed E-state index contributed by atoms with van der Waals surface area (Å²) in [7, 11) is 0. The Kier molecular flexibility index (Phi) is 4.83. The van der Waals surface area contributed by atoms with Crippen molar-refractivity contribution in [2.75, 3.05) is 0 Å². The topological polar surface area (TPSA) is 0 Å². The average Bonchev–Trinajstić information content (AvgIpc) is 2.46. The van der Waals surface area contributed by atoms with Crippen molar-refractivity contribution in [1.29, 1.82) is 0 Å². The molecule has 1 unspecified atom stereocenters. The molecular weight excluding hydrogens is 240 g/mol. The van der Waals surface area contributed by atoms with E-state index in [0.717, 1.165) is 0 Å². The molecule has 1 atom stereocenters. The molecule has 0 heterocycles. The zero-order valence-electron chi connectivity index (χ0n) is 10.8. The van der Waals surface area contributed by atoms with Crippen molar-refractivity contribution in [2.24, 2.45) is 0 Å². The third-order valence-electron chi connectivity index (χ3n) is 3.32. The number of benzene rings is 2. The van der Waals surface area contributed by atoms with Crippen LogP contribution in [-0.4, -0.2) is 0 Å². The van der Waals surface area contributed by atoms with Crippen LogP contribution in [0.15, 0.2) is 54.6 Å². The summed E-state index contributed by atoms with van der Waals surface area (Å²) in [6.45, 7) is 2.24. The smallest absolute Gasteiger partial charge is 0.0474 e. The van der Waals surface area contributed by atoms with Gasteiger partial charge in [-0.15, -0.1) is 11.6 Å². The third-order valence-corrected chi connectivity index (χ3v) is 3.62. The van der Waals surface area contributed by atoms with Crippen LogP contribution in [0.2, 0.25) is 0 Å². The Bertz CT molecular complexity index is 459. The summed E-state index contributed by atoms with van der Waals surface area (Å²) in [6, 6.07) is 19.4. The third kappa shape index (κ3) is 3.14. The van der Waals surface area contributed by atoms with E-state index >= 15 is 0 Å². The highest BCUT2D eigenvalue weighted by molar-refractivity contribution is 6.17. The van der Waals surface area contributed by atoms with Crippen molar-refractivity contribution < 1.29 is 0 Å². The molecule has 0 saturated carbocycles. The van der Waals surface area contributed by atoms with Gasteiger partial charge in [0.15, 0.2) is 0 Å². The highest BCUT2D eigenvalue weighted by atomic mass is 35.5. The van der Waals surface area contributed by atoms with Gasteiger partial charge in [-0.25, -0.2) is 0 Å². The molecule has 0 fully saturated rings. The maximum absolute atomic E-state index is 5.84. The number of alkyl halides is 1. The van der Waals surface area contributed by atoms with Crippen molar-refractivity contribution in [2.45, 2.75) is 31.6 Å². The van der Waals surface area contributed by atoms with Crippen LogP contribution in [0.1, 0.15) is 42.4 Å². The van der Waals surface area contributed by atoms with E-state index in [1.54, 1.807) is 0 Å². The van der Waals surface area contributed by atoms with Crippen LogP contribution in [0.25, 0.3) is 0 Å². The summed E-state index contributed by atoms with van der Waals surface area (Å²) in [6.07, 6.45) is 2.38. The van der Waals surface area contributed by atoms with Gasteiger partial charge in [-0.2, -0.15) is 0 Å². The van der Waals surface area contributed by atoms with Crippen LogP contribution in [0.3, 0.4) is 0 Å². The summed E-state index contributed by atoms with van der Waals surface area (Å²) in [4.78, 5) is 0. The minimum atomic E-state index is 0.501. The van der Waals surface area contributed by atoms with Gasteiger partial charge in [-0.1, -0.05) is 67.9 Å². The van der Waals surface area contributed by atoms with Crippen molar-refractivity contribution in [1.82, 2.24) is 0 Å². The fraction of sp³-hybridized carbons (Fsp3) is 0.294. The van der Waals surface area contributed by atoms with Crippen LogP contribution >= 0.6 is 11.6 Å². The molecule has 0 aromatic heterocycles. The maximum Gasteiger partial charge on any atom is 0.0474 e. The van der Waals surface area contributed by atoms with Gasteiger partial charge in [0.2, 0.25) is 0 Å². The summed E-state index contributed by atoms with van der Waals surface area (Å²) >= 11 is 5.84. The molecule has 0 bridgehead atoms. The fourth-order valence-corrected chi connectivity index (χ4v) is 2.52. The minimum absolute atomic E-state index is 0.501. The number of rotatable bonds is 5. The quantitative estimate of drug-likeness (QED) is 0.634. The molecule has 2 aromatic carbocycles. The Morgan fingerprint density at radius 3 is 2.06 bits per heavy atom. The zero-order chi connectivity index (χ0) is 12.8. The van der Waals surface area contributed by atoms with Gasteiger partial charge in [0.25, 0.3) is 0 Å². The standard InChI is InChI=1S/C17H19Cl/c1-2-6-17(15-7-4-3-5-8-15)16-11-9-14(13-18)10-12-16/h3-5,7-12,17H,2,6,13H2,1H3. The van der Waals surface area contributed by atoms with Crippen LogP contribution in [0.5, 0.6) is 0 Å². The molecule has 0 radical (unpaired) electrons. The first-order chi connectivity index (χ1) is 8.85. The first-order valence-electron chi connectivity index (χ1n) is 6.55. The van der Waals surface area contributed by atoms with E-state index in [1.165, 1.54) is 29.5 Å². The second kappa shape index (κ2) is 6.61. The molecule has 0 aliphatic heterocycles. The Morgan fingerprint density at radius 2 is 1.50 bits per heavy atom. The van der Waals surface area contributed by atoms with Gasteiger partial charge in [-0.05, 0) is 23.1 Å². The van der Waals surface area contributed by atoms with E-state index in [4.69, 9.17) is 11.6 Å². The molecule has 0 amide bonds. The van der Waals surface area contributed by atoms with Crippen LogP contribution in [-0.2, 0) is 5.88 Å². The van der Waals surface area contributed by atoms with Crippen molar-refractivity contribution in [3.05, 3.63) is 71.3 Å². The molecular formula is C17H19Cl. The number of hydrogen-bond donors (Lipinski definition) is 0.